The summed E-state index contributed by atoms with van der Waals surface area (Å²) in [6.45, 7) is 4.37. The van der Waals surface area contributed by atoms with E-state index in [-0.39, 0.29) is 0 Å². The molecule has 0 saturated carbocycles. The molecule has 1 nitrogen and oxygen atoms in total. The molecule has 0 N–H and O–H groups in total. The Hall–Kier alpha value is -0.160. The summed E-state index contributed by atoms with van der Waals surface area (Å²) in [5, 5.41) is 1.38. The van der Waals surface area contributed by atoms with Gasteiger partial charge in [-0.05, 0) is 36.6 Å². The van der Waals surface area contributed by atoms with E-state index in [4.69, 9.17) is 0 Å². The molecule has 0 amide bonds. The Morgan fingerprint density at radius 3 is 2.86 bits per heavy atom. The van der Waals surface area contributed by atoms with Crippen molar-refractivity contribution in [1.29, 1.82) is 0 Å². The van der Waals surface area contributed by atoms with Crippen LogP contribution in [0.2, 0.25) is 0 Å². The fourth-order valence-electron chi connectivity index (χ4n) is 1.68. The highest BCUT2D eigenvalue weighted by Crippen LogP contribution is 2.28. The van der Waals surface area contributed by atoms with Crippen molar-refractivity contribution in [2.24, 2.45) is 0 Å². The monoisotopic (exact) mass is 317 g/mol. The molecular formula is C11H12INS. The lowest BCUT2D eigenvalue weighted by atomic mass is 10.1. The first-order valence-electron chi connectivity index (χ1n) is 4.66. The third-order valence-corrected chi connectivity index (χ3v) is 4.24. The quantitative estimate of drug-likeness (QED) is 0.745. The number of hydrogen-bond acceptors (Lipinski definition) is 1. The molecule has 2 rings (SSSR count). The van der Waals surface area contributed by atoms with E-state index in [0.717, 1.165) is 6.42 Å². The maximum Gasteiger partial charge on any atom is 0.0601 e. The Morgan fingerprint density at radius 2 is 2.21 bits per heavy atom. The fourth-order valence-corrected chi connectivity index (χ4v) is 3.09. The number of fused-ring (bicyclic) bond motifs is 1. The molecule has 0 aliphatic carbocycles. The molecule has 3 heteroatoms. The minimum absolute atomic E-state index is 1.11. The van der Waals surface area contributed by atoms with Gasteiger partial charge in [0.25, 0.3) is 0 Å². The topological polar surface area (TPSA) is 4.93 Å². The first-order valence-corrected chi connectivity index (χ1v) is 7.97. The summed E-state index contributed by atoms with van der Waals surface area (Å²) in [5.41, 5.74) is 4.09. The minimum atomic E-state index is 1.11. The number of benzene rings is 1. The SMILES string of the molecule is CCc1ccc2c(c1)c(C)cn2SI. The Bertz CT molecular complexity index is 462. The van der Waals surface area contributed by atoms with E-state index in [1.165, 1.54) is 22.0 Å². The summed E-state index contributed by atoms with van der Waals surface area (Å²) >= 11 is 2.31. The summed E-state index contributed by atoms with van der Waals surface area (Å²) < 4.78 is 2.21. The van der Waals surface area contributed by atoms with Crippen molar-refractivity contribution in [1.82, 2.24) is 3.97 Å². The van der Waals surface area contributed by atoms with Crippen molar-refractivity contribution in [3.63, 3.8) is 0 Å². The van der Waals surface area contributed by atoms with Crippen LogP contribution in [0.25, 0.3) is 10.9 Å². The molecule has 0 aliphatic heterocycles. The minimum Gasteiger partial charge on any atom is -0.282 e. The Labute approximate surface area is 101 Å². The zero-order valence-electron chi connectivity index (χ0n) is 8.25. The van der Waals surface area contributed by atoms with Gasteiger partial charge in [0.05, 0.1) is 5.52 Å². The van der Waals surface area contributed by atoms with Gasteiger partial charge in [-0.3, -0.25) is 3.97 Å². The lowest BCUT2D eigenvalue weighted by Crippen LogP contribution is -1.81. The molecule has 0 atom stereocenters. The van der Waals surface area contributed by atoms with Crippen LogP contribution in [0.4, 0.5) is 0 Å². The molecule has 0 spiro atoms. The van der Waals surface area contributed by atoms with Crippen LogP contribution in [0.15, 0.2) is 24.4 Å². The molecule has 0 radical (unpaired) electrons. The number of aryl methyl sites for hydroxylation is 2. The van der Waals surface area contributed by atoms with E-state index >= 15 is 0 Å². The molecule has 0 unspecified atom stereocenters. The first kappa shape index (κ1) is 10.4. The van der Waals surface area contributed by atoms with Crippen molar-refractivity contribution < 1.29 is 0 Å². The molecule has 0 saturated heterocycles. The van der Waals surface area contributed by atoms with E-state index in [1.807, 2.05) is 0 Å². The van der Waals surface area contributed by atoms with Gasteiger partial charge in [0.15, 0.2) is 0 Å². The average Bonchev–Trinajstić information content (AvgIpc) is 2.55. The smallest absolute Gasteiger partial charge is 0.0601 e. The predicted octanol–water partition coefficient (Wildman–Crippen LogP) is 4.36. The van der Waals surface area contributed by atoms with Crippen LogP contribution in [0.3, 0.4) is 0 Å². The van der Waals surface area contributed by atoms with Gasteiger partial charge in [-0.15, -0.1) is 0 Å². The van der Waals surface area contributed by atoms with Gasteiger partial charge in [0.2, 0.25) is 0 Å². The molecule has 0 aliphatic rings. The van der Waals surface area contributed by atoms with E-state index in [0.29, 0.717) is 0 Å². The summed E-state index contributed by atoms with van der Waals surface area (Å²) in [5.74, 6) is 0. The van der Waals surface area contributed by atoms with E-state index in [9.17, 15) is 0 Å². The molecular weight excluding hydrogens is 305 g/mol. The van der Waals surface area contributed by atoms with Crippen molar-refractivity contribution >= 4 is 41.2 Å². The highest BCUT2D eigenvalue weighted by molar-refractivity contribution is 14.2. The second-order valence-electron chi connectivity index (χ2n) is 3.41. The van der Waals surface area contributed by atoms with Crippen LogP contribution in [-0.2, 0) is 6.42 Å². The third-order valence-electron chi connectivity index (χ3n) is 2.52. The lowest BCUT2D eigenvalue weighted by Gasteiger charge is -1.99. The number of aromatic nitrogens is 1. The fraction of sp³-hybridized carbons (Fsp3) is 0.273. The zero-order chi connectivity index (χ0) is 10.1. The van der Waals surface area contributed by atoms with Gasteiger partial charge in [0.1, 0.15) is 0 Å². The summed E-state index contributed by atoms with van der Waals surface area (Å²) in [4.78, 5) is 0. The van der Waals surface area contributed by atoms with Gasteiger partial charge < -0.3 is 0 Å². The van der Waals surface area contributed by atoms with E-state index in [1.54, 1.807) is 9.12 Å². The van der Waals surface area contributed by atoms with Crippen LogP contribution in [0.5, 0.6) is 0 Å². The third kappa shape index (κ3) is 1.67. The zero-order valence-corrected chi connectivity index (χ0v) is 11.2. The number of halogens is 1. The van der Waals surface area contributed by atoms with Crippen LogP contribution >= 0.6 is 30.3 Å². The predicted molar refractivity (Wildman–Crippen MR) is 73.1 cm³/mol. The van der Waals surface area contributed by atoms with Crippen molar-refractivity contribution in [3.8, 4) is 0 Å². The summed E-state index contributed by atoms with van der Waals surface area (Å²) in [7, 11) is 1.72. The first-order chi connectivity index (χ1) is 6.76. The second kappa shape index (κ2) is 4.14. The number of rotatable bonds is 2. The normalized spacial score (nSPS) is 11.1. The summed E-state index contributed by atoms with van der Waals surface area (Å²) in [6, 6.07) is 6.73. The highest BCUT2D eigenvalue weighted by Gasteiger charge is 2.05. The van der Waals surface area contributed by atoms with Crippen molar-refractivity contribution in [2.75, 3.05) is 0 Å². The maximum atomic E-state index is 2.31. The van der Waals surface area contributed by atoms with E-state index < -0.39 is 0 Å². The van der Waals surface area contributed by atoms with Crippen LogP contribution < -0.4 is 0 Å². The molecule has 2 aromatic rings. The molecule has 0 bridgehead atoms. The molecule has 74 valence electrons. The number of hydrogen-bond donors (Lipinski definition) is 0. The Balaban J connectivity index is 2.70. The molecule has 1 aromatic carbocycles. The molecule has 0 fully saturated rings. The van der Waals surface area contributed by atoms with Gasteiger partial charge in [-0.25, -0.2) is 0 Å². The van der Waals surface area contributed by atoms with Crippen LogP contribution in [-0.4, -0.2) is 3.97 Å². The second-order valence-corrected chi connectivity index (χ2v) is 5.13. The largest absolute Gasteiger partial charge is 0.282 e. The summed E-state index contributed by atoms with van der Waals surface area (Å²) in [6.07, 6.45) is 3.30. The average molecular weight is 317 g/mol. The lowest BCUT2D eigenvalue weighted by molar-refractivity contribution is 1.15. The van der Waals surface area contributed by atoms with Gasteiger partial charge in [0, 0.05) is 41.9 Å². The van der Waals surface area contributed by atoms with Gasteiger partial charge in [-0.2, -0.15) is 0 Å². The Kier molecular flexibility index (Phi) is 3.07. The molecule has 1 heterocycles. The van der Waals surface area contributed by atoms with Crippen molar-refractivity contribution in [3.05, 3.63) is 35.5 Å². The van der Waals surface area contributed by atoms with Crippen LogP contribution in [0.1, 0.15) is 18.1 Å². The van der Waals surface area contributed by atoms with Gasteiger partial charge in [-0.1, -0.05) is 13.0 Å². The molecule has 1 aromatic heterocycles. The Morgan fingerprint density at radius 1 is 1.43 bits per heavy atom. The number of nitrogens with zero attached hydrogens (tertiary/aromatic N) is 1. The highest BCUT2D eigenvalue weighted by atomic mass is 127. The molecule has 14 heavy (non-hydrogen) atoms. The van der Waals surface area contributed by atoms with E-state index in [2.05, 4.69) is 63.4 Å². The van der Waals surface area contributed by atoms with Crippen LogP contribution in [0, 0.1) is 6.92 Å². The van der Waals surface area contributed by atoms with Gasteiger partial charge >= 0.3 is 0 Å². The maximum absolute atomic E-state index is 2.31. The standard InChI is InChI=1S/C11H12INS/c1-3-9-4-5-11-10(6-9)8(2)7-13(11)14-12/h4-7H,3H2,1-2H3. The van der Waals surface area contributed by atoms with Crippen molar-refractivity contribution in [2.45, 2.75) is 20.3 Å².